The molecule has 1 aromatic heterocycles. The molecule has 0 unspecified atom stereocenters. The first-order chi connectivity index (χ1) is 9.72. The number of nitrogens with two attached hydrogens (primary N) is 1. The first-order valence-corrected chi connectivity index (χ1v) is 6.59. The lowest BCUT2D eigenvalue weighted by atomic mass is 10.2. The number of hydrogen-bond donors (Lipinski definition) is 2. The molecule has 20 heavy (non-hydrogen) atoms. The predicted molar refractivity (Wildman–Crippen MR) is 82.7 cm³/mol. The Kier molecular flexibility index (Phi) is 3.39. The maximum Gasteiger partial charge on any atom is 0.137 e. The lowest BCUT2D eigenvalue weighted by molar-refractivity contribution is 1.10. The molecule has 3 N–H and O–H groups in total. The van der Waals surface area contributed by atoms with E-state index in [0.29, 0.717) is 11.6 Å². The molecular weight excluding hydrogens is 272 g/mol. The highest BCUT2D eigenvalue weighted by Gasteiger charge is 2.04. The van der Waals surface area contributed by atoms with Gasteiger partial charge in [-0.3, -0.25) is 0 Å². The zero-order valence-corrected chi connectivity index (χ0v) is 11.4. The summed E-state index contributed by atoms with van der Waals surface area (Å²) < 4.78 is 0. The van der Waals surface area contributed by atoms with Gasteiger partial charge in [0.1, 0.15) is 12.1 Å². The van der Waals surface area contributed by atoms with Crippen molar-refractivity contribution >= 4 is 34.0 Å². The van der Waals surface area contributed by atoms with E-state index in [-0.39, 0.29) is 0 Å². The minimum Gasteiger partial charge on any atom is -0.399 e. The second-order valence-electron chi connectivity index (χ2n) is 4.48. The zero-order chi connectivity index (χ0) is 13.9. The fourth-order valence-corrected chi connectivity index (χ4v) is 2.16. The molecule has 0 saturated carbocycles. The second-order valence-corrected chi connectivity index (χ2v) is 4.92. The van der Waals surface area contributed by atoms with Gasteiger partial charge in [0, 0.05) is 22.6 Å². The van der Waals surface area contributed by atoms with Gasteiger partial charge in [-0.15, -0.1) is 0 Å². The Morgan fingerprint density at radius 2 is 1.85 bits per heavy atom. The van der Waals surface area contributed by atoms with E-state index in [1.807, 2.05) is 42.5 Å². The molecule has 4 nitrogen and oxygen atoms in total. The van der Waals surface area contributed by atoms with E-state index in [1.165, 1.54) is 0 Å². The molecule has 0 saturated heterocycles. The number of rotatable bonds is 3. The van der Waals surface area contributed by atoms with Gasteiger partial charge in [0.05, 0.1) is 5.52 Å². The van der Waals surface area contributed by atoms with Crippen molar-refractivity contribution in [1.29, 1.82) is 0 Å². The molecule has 0 aliphatic carbocycles. The molecule has 0 radical (unpaired) electrons. The van der Waals surface area contributed by atoms with Crippen LogP contribution in [0.5, 0.6) is 0 Å². The molecule has 100 valence electrons. The summed E-state index contributed by atoms with van der Waals surface area (Å²) in [7, 11) is 0. The Bertz CT molecular complexity index is 740. The summed E-state index contributed by atoms with van der Waals surface area (Å²) in [5.41, 5.74) is 8.42. The van der Waals surface area contributed by atoms with Crippen LogP contribution in [0, 0.1) is 0 Å². The van der Waals surface area contributed by atoms with Crippen LogP contribution in [-0.2, 0) is 6.54 Å². The lowest BCUT2D eigenvalue weighted by Crippen LogP contribution is -2.02. The number of aromatic nitrogens is 2. The Morgan fingerprint density at radius 3 is 2.65 bits per heavy atom. The van der Waals surface area contributed by atoms with Crippen LogP contribution in [-0.4, -0.2) is 9.97 Å². The van der Waals surface area contributed by atoms with Crippen molar-refractivity contribution in [3.8, 4) is 0 Å². The highest BCUT2D eigenvalue weighted by molar-refractivity contribution is 6.31. The van der Waals surface area contributed by atoms with Crippen LogP contribution in [0.1, 0.15) is 5.56 Å². The summed E-state index contributed by atoms with van der Waals surface area (Å²) in [6.07, 6.45) is 1.54. The number of benzene rings is 2. The predicted octanol–water partition coefficient (Wildman–Crippen LogP) is 3.48. The van der Waals surface area contributed by atoms with Crippen LogP contribution >= 0.6 is 11.6 Å². The van der Waals surface area contributed by atoms with Crippen molar-refractivity contribution in [3.05, 3.63) is 59.4 Å². The number of halogens is 1. The molecule has 1 heterocycles. The third-order valence-electron chi connectivity index (χ3n) is 3.04. The van der Waals surface area contributed by atoms with E-state index < -0.39 is 0 Å². The van der Waals surface area contributed by atoms with Gasteiger partial charge < -0.3 is 11.1 Å². The Morgan fingerprint density at radius 1 is 1.05 bits per heavy atom. The van der Waals surface area contributed by atoms with E-state index in [1.54, 1.807) is 6.33 Å². The topological polar surface area (TPSA) is 63.8 Å². The molecule has 3 rings (SSSR count). The quantitative estimate of drug-likeness (QED) is 0.723. The Balaban J connectivity index is 1.87. The fourth-order valence-electron chi connectivity index (χ4n) is 1.99. The molecular formula is C15H13ClN4. The molecule has 5 heteroatoms. The SMILES string of the molecule is Nc1ccc(CNc2ncnc3ccc(Cl)cc23)cc1. The van der Waals surface area contributed by atoms with Crippen molar-refractivity contribution in [3.63, 3.8) is 0 Å². The first kappa shape index (κ1) is 12.7. The van der Waals surface area contributed by atoms with Crippen molar-refractivity contribution in [1.82, 2.24) is 9.97 Å². The zero-order valence-electron chi connectivity index (χ0n) is 10.7. The minimum absolute atomic E-state index is 0.666. The van der Waals surface area contributed by atoms with E-state index >= 15 is 0 Å². The summed E-state index contributed by atoms with van der Waals surface area (Å²) in [6, 6.07) is 13.3. The lowest BCUT2D eigenvalue weighted by Gasteiger charge is -2.08. The molecule has 0 aliphatic rings. The molecule has 0 bridgehead atoms. The van der Waals surface area contributed by atoms with Crippen LogP contribution in [0.2, 0.25) is 5.02 Å². The molecule has 3 aromatic rings. The van der Waals surface area contributed by atoms with Crippen molar-refractivity contribution in [2.45, 2.75) is 6.54 Å². The van der Waals surface area contributed by atoms with Gasteiger partial charge in [-0.1, -0.05) is 23.7 Å². The molecule has 2 aromatic carbocycles. The van der Waals surface area contributed by atoms with Crippen LogP contribution in [0.25, 0.3) is 10.9 Å². The standard InChI is InChI=1S/C15H13ClN4/c16-11-3-6-14-13(7-11)15(20-9-19-14)18-8-10-1-4-12(17)5-2-10/h1-7,9H,8,17H2,(H,18,19,20). The minimum atomic E-state index is 0.666. The summed E-state index contributed by atoms with van der Waals surface area (Å²) in [6.45, 7) is 0.666. The van der Waals surface area contributed by atoms with Crippen molar-refractivity contribution in [2.24, 2.45) is 0 Å². The first-order valence-electron chi connectivity index (χ1n) is 6.21. The van der Waals surface area contributed by atoms with Crippen LogP contribution in [0.3, 0.4) is 0 Å². The maximum atomic E-state index is 6.03. The fraction of sp³-hybridized carbons (Fsp3) is 0.0667. The molecule has 0 fully saturated rings. The summed E-state index contributed by atoms with van der Waals surface area (Å²) in [5, 5.41) is 4.88. The van der Waals surface area contributed by atoms with Crippen LogP contribution < -0.4 is 11.1 Å². The highest BCUT2D eigenvalue weighted by Crippen LogP contribution is 2.23. The molecule has 0 amide bonds. The second kappa shape index (κ2) is 5.35. The average Bonchev–Trinajstić information content (AvgIpc) is 2.47. The smallest absolute Gasteiger partial charge is 0.137 e. The molecule has 0 spiro atoms. The third kappa shape index (κ3) is 2.65. The van der Waals surface area contributed by atoms with Gasteiger partial charge in [0.25, 0.3) is 0 Å². The van der Waals surface area contributed by atoms with Crippen molar-refractivity contribution in [2.75, 3.05) is 11.1 Å². The van der Waals surface area contributed by atoms with Crippen LogP contribution in [0.4, 0.5) is 11.5 Å². The normalized spacial score (nSPS) is 10.7. The van der Waals surface area contributed by atoms with Gasteiger partial charge >= 0.3 is 0 Å². The summed E-state index contributed by atoms with van der Waals surface area (Å²) >= 11 is 6.03. The highest BCUT2D eigenvalue weighted by atomic mass is 35.5. The van der Waals surface area contributed by atoms with Gasteiger partial charge in [0.15, 0.2) is 0 Å². The number of nitrogen functional groups attached to an aromatic ring is 1. The Hall–Kier alpha value is -2.33. The largest absolute Gasteiger partial charge is 0.399 e. The summed E-state index contributed by atoms with van der Waals surface area (Å²) in [5.74, 6) is 0.773. The monoisotopic (exact) mass is 284 g/mol. The van der Waals surface area contributed by atoms with Gasteiger partial charge in [-0.2, -0.15) is 0 Å². The van der Waals surface area contributed by atoms with E-state index in [9.17, 15) is 0 Å². The summed E-state index contributed by atoms with van der Waals surface area (Å²) in [4.78, 5) is 8.50. The third-order valence-corrected chi connectivity index (χ3v) is 3.27. The molecule has 0 atom stereocenters. The maximum absolute atomic E-state index is 6.03. The van der Waals surface area contributed by atoms with E-state index in [2.05, 4.69) is 15.3 Å². The molecule has 0 aliphatic heterocycles. The number of nitrogens with zero attached hydrogens (tertiary/aromatic N) is 2. The van der Waals surface area contributed by atoms with Gasteiger partial charge in [-0.25, -0.2) is 9.97 Å². The number of fused-ring (bicyclic) bond motifs is 1. The number of nitrogens with one attached hydrogen (secondary N) is 1. The van der Waals surface area contributed by atoms with Crippen molar-refractivity contribution < 1.29 is 0 Å². The van der Waals surface area contributed by atoms with Gasteiger partial charge in [-0.05, 0) is 35.9 Å². The van der Waals surface area contributed by atoms with E-state index in [4.69, 9.17) is 17.3 Å². The van der Waals surface area contributed by atoms with Crippen LogP contribution in [0.15, 0.2) is 48.8 Å². The average molecular weight is 285 g/mol. The van der Waals surface area contributed by atoms with E-state index in [0.717, 1.165) is 28.0 Å². The number of anilines is 2. The number of hydrogen-bond acceptors (Lipinski definition) is 4. The Labute approximate surface area is 121 Å². The van der Waals surface area contributed by atoms with Gasteiger partial charge in [0.2, 0.25) is 0 Å².